The van der Waals surface area contributed by atoms with Crippen LogP contribution >= 0.6 is 0 Å². The second-order valence-corrected chi connectivity index (χ2v) is 3.77. The molecule has 1 aliphatic rings. The van der Waals surface area contributed by atoms with Crippen LogP contribution in [0.15, 0.2) is 5.11 Å². The molecule has 1 saturated heterocycles. The highest BCUT2D eigenvalue weighted by Crippen LogP contribution is 2.19. The van der Waals surface area contributed by atoms with Crippen LogP contribution in [0.25, 0.3) is 10.4 Å². The Morgan fingerprint density at radius 2 is 2.50 bits per heavy atom. The van der Waals surface area contributed by atoms with Crippen molar-refractivity contribution in [2.24, 2.45) is 5.11 Å². The van der Waals surface area contributed by atoms with Gasteiger partial charge in [0.25, 0.3) is 0 Å². The van der Waals surface area contributed by atoms with Gasteiger partial charge in [-0.15, -0.1) is 0 Å². The summed E-state index contributed by atoms with van der Waals surface area (Å²) in [5.41, 5.74) is 8.11. The molecule has 0 bridgehead atoms. The van der Waals surface area contributed by atoms with Gasteiger partial charge in [-0.1, -0.05) is 12.0 Å². The third kappa shape index (κ3) is 3.18. The molecule has 0 aliphatic carbocycles. The molecule has 0 spiro atoms. The van der Waals surface area contributed by atoms with E-state index in [1.165, 1.54) is 12.8 Å². The zero-order chi connectivity index (χ0) is 10.4. The highest BCUT2D eigenvalue weighted by Gasteiger charge is 2.24. The van der Waals surface area contributed by atoms with Gasteiger partial charge in [-0.2, -0.15) is 0 Å². The number of hydrogen-bond acceptors (Lipinski definition) is 3. The van der Waals surface area contributed by atoms with Crippen molar-refractivity contribution >= 4 is 0 Å². The highest BCUT2D eigenvalue weighted by atomic mass is 16.3. The molecule has 1 unspecified atom stereocenters. The molecule has 5 nitrogen and oxygen atoms in total. The highest BCUT2D eigenvalue weighted by molar-refractivity contribution is 4.80. The second-order valence-electron chi connectivity index (χ2n) is 3.77. The third-order valence-corrected chi connectivity index (χ3v) is 2.77. The molecule has 1 heterocycles. The second kappa shape index (κ2) is 5.86. The van der Waals surface area contributed by atoms with Gasteiger partial charge in [0.05, 0.1) is 12.6 Å². The van der Waals surface area contributed by atoms with Crippen molar-refractivity contribution in [1.82, 2.24) is 4.90 Å². The van der Waals surface area contributed by atoms with E-state index in [2.05, 4.69) is 21.8 Å². The van der Waals surface area contributed by atoms with Gasteiger partial charge in [-0.3, -0.25) is 4.90 Å². The van der Waals surface area contributed by atoms with Crippen LogP contribution in [0, 0.1) is 0 Å². The van der Waals surface area contributed by atoms with E-state index in [4.69, 9.17) is 5.53 Å². The maximum Gasteiger partial charge on any atom is 0.0723 e. The average Bonchev–Trinajstić information content (AvgIpc) is 2.62. The predicted octanol–water partition coefficient (Wildman–Crippen LogP) is 1.53. The van der Waals surface area contributed by atoms with Gasteiger partial charge in [0.1, 0.15) is 0 Å². The number of rotatable bonds is 5. The molecule has 1 N–H and O–H groups in total. The first kappa shape index (κ1) is 11.3. The SMILES string of the molecule is CCC1CCCN1C[C@@H](O)CN=[N+]=[N-]. The van der Waals surface area contributed by atoms with Gasteiger partial charge in [0.2, 0.25) is 0 Å². The van der Waals surface area contributed by atoms with Crippen LogP contribution in [0.3, 0.4) is 0 Å². The number of aliphatic hydroxyl groups is 1. The molecule has 0 amide bonds. The summed E-state index contributed by atoms with van der Waals surface area (Å²) in [4.78, 5) is 4.93. The summed E-state index contributed by atoms with van der Waals surface area (Å²) in [6, 6.07) is 0.607. The summed E-state index contributed by atoms with van der Waals surface area (Å²) in [5, 5.41) is 12.9. The van der Waals surface area contributed by atoms with Gasteiger partial charge in [-0.05, 0) is 31.3 Å². The molecule has 80 valence electrons. The number of aliphatic hydroxyl groups excluding tert-OH is 1. The van der Waals surface area contributed by atoms with E-state index in [0.717, 1.165) is 13.0 Å². The maximum atomic E-state index is 9.55. The van der Waals surface area contributed by atoms with Crippen LogP contribution in [-0.2, 0) is 0 Å². The Bertz CT molecular complexity index is 215. The van der Waals surface area contributed by atoms with Crippen molar-refractivity contribution in [1.29, 1.82) is 0 Å². The topological polar surface area (TPSA) is 72.2 Å². The first-order valence-corrected chi connectivity index (χ1v) is 5.21. The smallest absolute Gasteiger partial charge is 0.0723 e. The lowest BCUT2D eigenvalue weighted by Gasteiger charge is -2.25. The first-order chi connectivity index (χ1) is 6.77. The van der Waals surface area contributed by atoms with Gasteiger partial charge < -0.3 is 5.11 Å². The maximum absolute atomic E-state index is 9.55. The Labute approximate surface area is 84.3 Å². The fourth-order valence-electron chi connectivity index (χ4n) is 2.06. The molecule has 1 rings (SSSR count). The van der Waals surface area contributed by atoms with Gasteiger partial charge in [0.15, 0.2) is 0 Å². The van der Waals surface area contributed by atoms with Crippen molar-refractivity contribution in [3.63, 3.8) is 0 Å². The van der Waals surface area contributed by atoms with E-state index in [9.17, 15) is 5.11 Å². The number of likely N-dealkylation sites (tertiary alicyclic amines) is 1. The predicted molar refractivity (Wildman–Crippen MR) is 54.9 cm³/mol. The lowest BCUT2D eigenvalue weighted by molar-refractivity contribution is 0.110. The van der Waals surface area contributed by atoms with Crippen molar-refractivity contribution in [3.05, 3.63) is 10.4 Å². The van der Waals surface area contributed by atoms with Crippen molar-refractivity contribution in [2.45, 2.75) is 38.3 Å². The Kier molecular flexibility index (Phi) is 4.73. The minimum Gasteiger partial charge on any atom is -0.392 e. The summed E-state index contributed by atoms with van der Waals surface area (Å²) in [6.07, 6.45) is 3.06. The van der Waals surface area contributed by atoms with E-state index < -0.39 is 6.10 Å². The van der Waals surface area contributed by atoms with Crippen LogP contribution in [0.2, 0.25) is 0 Å². The quantitative estimate of drug-likeness (QED) is 0.413. The van der Waals surface area contributed by atoms with Crippen molar-refractivity contribution < 1.29 is 5.11 Å². The zero-order valence-electron chi connectivity index (χ0n) is 8.63. The largest absolute Gasteiger partial charge is 0.392 e. The molecule has 0 radical (unpaired) electrons. The van der Waals surface area contributed by atoms with Crippen LogP contribution in [0.5, 0.6) is 0 Å². The number of β-amino-alcohol motifs (C(OH)–C–C–N with tert-alkyl or cyclic N) is 1. The summed E-state index contributed by atoms with van der Waals surface area (Å²) in [5.74, 6) is 0. The monoisotopic (exact) mass is 198 g/mol. The minimum absolute atomic E-state index is 0.184. The Balaban J connectivity index is 2.31. The Hall–Kier alpha value is -0.770. The molecule has 1 aliphatic heterocycles. The first-order valence-electron chi connectivity index (χ1n) is 5.21. The van der Waals surface area contributed by atoms with Crippen LogP contribution in [0.1, 0.15) is 26.2 Å². The van der Waals surface area contributed by atoms with Gasteiger partial charge in [0, 0.05) is 17.5 Å². The number of hydrogen-bond donors (Lipinski definition) is 1. The average molecular weight is 198 g/mol. The molecule has 14 heavy (non-hydrogen) atoms. The molecule has 2 atom stereocenters. The van der Waals surface area contributed by atoms with E-state index in [1.54, 1.807) is 0 Å². The summed E-state index contributed by atoms with van der Waals surface area (Å²) >= 11 is 0. The van der Waals surface area contributed by atoms with Crippen LogP contribution in [-0.4, -0.2) is 41.8 Å². The molecule has 0 aromatic heterocycles. The Morgan fingerprint density at radius 3 is 3.14 bits per heavy atom. The van der Waals surface area contributed by atoms with E-state index in [1.807, 2.05) is 0 Å². The third-order valence-electron chi connectivity index (χ3n) is 2.77. The van der Waals surface area contributed by atoms with Crippen molar-refractivity contribution in [3.8, 4) is 0 Å². The van der Waals surface area contributed by atoms with E-state index in [0.29, 0.717) is 12.6 Å². The van der Waals surface area contributed by atoms with Gasteiger partial charge in [-0.25, -0.2) is 0 Å². The summed E-state index contributed by atoms with van der Waals surface area (Å²) < 4.78 is 0. The fraction of sp³-hybridized carbons (Fsp3) is 1.00. The standard InChI is InChI=1S/C9H18N4O/c1-2-8-4-3-5-13(8)7-9(14)6-11-12-10/h8-9,14H,2-7H2,1H3/t8?,9-/m0/s1. The summed E-state index contributed by atoms with van der Waals surface area (Å²) in [7, 11) is 0. The molecule has 5 heteroatoms. The zero-order valence-corrected chi connectivity index (χ0v) is 8.63. The summed E-state index contributed by atoms with van der Waals surface area (Å²) in [6.45, 7) is 4.05. The number of azide groups is 1. The molecule has 1 fully saturated rings. The van der Waals surface area contributed by atoms with E-state index in [-0.39, 0.29) is 6.54 Å². The minimum atomic E-state index is -0.516. The molecular weight excluding hydrogens is 180 g/mol. The normalized spacial score (nSPS) is 24.6. The molecular formula is C9H18N4O. The van der Waals surface area contributed by atoms with E-state index >= 15 is 0 Å². The van der Waals surface area contributed by atoms with Crippen molar-refractivity contribution in [2.75, 3.05) is 19.6 Å². The van der Waals surface area contributed by atoms with Gasteiger partial charge >= 0.3 is 0 Å². The number of nitrogens with zero attached hydrogens (tertiary/aromatic N) is 4. The lowest BCUT2D eigenvalue weighted by Crippen LogP contribution is -2.37. The molecule has 0 aromatic carbocycles. The fourth-order valence-corrected chi connectivity index (χ4v) is 2.06. The molecule has 0 aromatic rings. The molecule has 0 saturated carbocycles. The lowest BCUT2D eigenvalue weighted by atomic mass is 10.1. The Morgan fingerprint density at radius 1 is 1.71 bits per heavy atom. The van der Waals surface area contributed by atoms with Crippen LogP contribution < -0.4 is 0 Å². The van der Waals surface area contributed by atoms with Crippen LogP contribution in [0.4, 0.5) is 0 Å².